The SMILES string of the molecule is CC(C)P(=O)(O)O.CC(C)P(=O)(O)OP(=O)(O)O.CC(C)P(=O)(O)OP(=O)(O)OP(=O)(O)O.CC(C)P(O)(=S)OP(=O)(O)OP(=O)(O)O.CC(C)[PH](C)=[W].[BH3-]P(=O)(OP(=O)(O)OP(=O)(O)O)C(C)C.[Y]. The fourth-order valence-corrected chi connectivity index (χ4v) is 13.9. The van der Waals surface area contributed by atoms with E-state index in [-0.39, 0.29) is 38.3 Å². The van der Waals surface area contributed by atoms with Crippen molar-refractivity contribution in [3.63, 3.8) is 0 Å². The maximum Gasteiger partial charge on any atom is 0.483 e. The first-order valence-electron chi connectivity index (χ1n) is 17.2. The van der Waals surface area contributed by atoms with E-state index >= 15 is 0 Å². The van der Waals surface area contributed by atoms with E-state index in [0.29, 0.717) is 0 Å². The van der Waals surface area contributed by atoms with Gasteiger partial charge in [0.1, 0.15) is 0 Å². The van der Waals surface area contributed by atoms with Crippen LogP contribution in [0.5, 0.6) is 0 Å². The number of hydrogen-bond donors (Lipinski definition) is 16. The molecule has 0 aromatic rings. The molecular weight excluding hydrogens is 1490 g/mol. The van der Waals surface area contributed by atoms with Gasteiger partial charge in [-0.1, -0.05) is 69.2 Å². The first-order chi connectivity index (χ1) is 29.3. The second kappa shape index (κ2) is 35.4. The smallest absolute Gasteiger partial charge is 0.337 e. The summed E-state index contributed by atoms with van der Waals surface area (Å²) < 4.78 is 143. The Hall–Kier alpha value is 4.55. The molecule has 8 atom stereocenters. The summed E-state index contributed by atoms with van der Waals surface area (Å²) in [5, 5.41) is 0. The minimum Gasteiger partial charge on any atom is -0.337 e. The normalized spacial score (nSPS) is 19.0. The van der Waals surface area contributed by atoms with Crippen LogP contribution >= 0.6 is 96.8 Å². The van der Waals surface area contributed by atoms with Gasteiger partial charge >= 0.3 is 128 Å². The predicted molar refractivity (Wildman–Crippen MR) is 256 cm³/mol. The Bertz CT molecular complexity index is 2030. The van der Waals surface area contributed by atoms with Crippen LogP contribution in [-0.2, 0) is 144 Å². The molecule has 70 heavy (non-hydrogen) atoms. The maximum absolute atomic E-state index is 11.6. The van der Waals surface area contributed by atoms with Gasteiger partial charge in [0.25, 0.3) is 0 Å². The van der Waals surface area contributed by atoms with Gasteiger partial charge < -0.3 is 82.9 Å². The fraction of sp³-hybridized carbons (Fsp3) is 1.00. The molecule has 0 aliphatic carbocycles. The molecule has 0 aliphatic rings. The Labute approximate surface area is 446 Å². The van der Waals surface area contributed by atoms with Gasteiger partial charge in [0.15, 0.2) is 6.49 Å². The predicted octanol–water partition coefficient (Wildman–Crippen LogP) is 4.87. The molecular formula is C19H65BO34P13SWY-. The van der Waals surface area contributed by atoms with Gasteiger partial charge in [-0.25, -0.2) is 44.9 Å². The van der Waals surface area contributed by atoms with Gasteiger partial charge in [-0.2, -0.15) is 12.9 Å². The van der Waals surface area contributed by atoms with Crippen LogP contribution in [0.3, 0.4) is 0 Å². The minimum absolute atomic E-state index is 0. The summed E-state index contributed by atoms with van der Waals surface area (Å²) >= 11 is 6.29. The zero-order valence-corrected chi connectivity index (χ0v) is 56.5. The van der Waals surface area contributed by atoms with Crippen LogP contribution in [0.4, 0.5) is 0 Å². The van der Waals surface area contributed by atoms with Crippen LogP contribution in [-0.4, -0.2) is 126 Å². The molecule has 8 unspecified atom stereocenters. The summed E-state index contributed by atoms with van der Waals surface area (Å²) in [6.45, 7) is 17.4. The van der Waals surface area contributed by atoms with Gasteiger partial charge in [0.05, 0.1) is 31.8 Å². The third kappa shape index (κ3) is 57.2. The summed E-state index contributed by atoms with van der Waals surface area (Å²) in [4.78, 5) is 136. The van der Waals surface area contributed by atoms with Gasteiger partial charge in [0, 0.05) is 38.4 Å². The molecule has 16 N–H and O–H groups in total. The van der Waals surface area contributed by atoms with Crippen molar-refractivity contribution in [1.82, 2.24) is 0 Å². The third-order valence-electron chi connectivity index (χ3n) is 5.34. The number of hydrogen-bond acceptors (Lipinski definition) is 19. The second-order valence-corrected chi connectivity index (χ2v) is 46.2. The number of rotatable bonds is 20. The van der Waals surface area contributed by atoms with Crippen molar-refractivity contribution < 1.29 is 210 Å². The summed E-state index contributed by atoms with van der Waals surface area (Å²) in [6, 6.07) is 0. The molecule has 0 fully saturated rings. The Balaban J connectivity index is -0.000000139. The van der Waals surface area contributed by atoms with E-state index in [0.717, 1.165) is 5.66 Å². The van der Waals surface area contributed by atoms with E-state index in [1.807, 2.05) is 18.8 Å². The van der Waals surface area contributed by atoms with E-state index < -0.39 is 127 Å². The Morgan fingerprint density at radius 3 is 0.771 bits per heavy atom. The quantitative estimate of drug-likeness (QED) is 0.0571. The molecule has 0 saturated heterocycles. The second-order valence-electron chi connectivity index (χ2n) is 13.7. The van der Waals surface area contributed by atoms with Gasteiger partial charge in [-0.15, -0.1) is 0 Å². The van der Waals surface area contributed by atoms with E-state index in [1.165, 1.54) is 69.2 Å². The summed E-state index contributed by atoms with van der Waals surface area (Å²) in [7, 11) is -52.2. The van der Waals surface area contributed by atoms with Gasteiger partial charge in [0.2, 0.25) is 0 Å². The molecule has 34 nitrogen and oxygen atoms in total. The Morgan fingerprint density at radius 2 is 0.614 bits per heavy atom. The average molecular weight is 1560 g/mol. The van der Waals surface area contributed by atoms with Crippen LogP contribution < -0.4 is 0 Å². The molecule has 0 spiro atoms. The molecule has 0 rings (SSSR count). The fourth-order valence-electron chi connectivity index (χ4n) is 1.37. The standard InChI is InChI=1S/C4H11P.C3H13BO8P3.C3H11O9P3.C3H11O8P3S.C3H10O6P2.C3H9O3P.W.Y/c1-4(2)5-3;2*1-3(2)13(4,5)11-15(9,10)12-14(6,7)8;1-3(2)12(4,15)10-14(8,9)11-13(5,6)7;1-3(2)10(4,5)9-11(6,7)8;1-3(2)7(4,5)6;;/h4-5H,1-3H3;3H,1-2,4H3,(H,9,10)(H2,6,7,8);3H,1-2H3,(H,4,5)(H,9,10)(H2,6,7,8);3H,1-2H3,(H,4,15)(H,8,9)(H2,5,6,7);3H,1-2H3,(H,4,5)(H2,6,7,8);3H,1-2H3,(H2,4,5,6);;/q;-1;;;;;;. The number of phosphoric acid groups is 7. The van der Waals surface area contributed by atoms with Gasteiger partial charge in [-0.05, 0) is 17.5 Å². The van der Waals surface area contributed by atoms with Crippen molar-refractivity contribution in [2.45, 2.75) is 117 Å². The molecule has 429 valence electrons. The zero-order valence-electron chi connectivity index (χ0n) is 38.2. The maximum atomic E-state index is 11.6. The molecule has 0 aliphatic heterocycles. The van der Waals surface area contributed by atoms with Gasteiger partial charge in [-0.3, -0.25) is 18.0 Å². The molecule has 0 aromatic heterocycles. The summed E-state index contributed by atoms with van der Waals surface area (Å²) in [6.07, 6.45) is 0. The molecule has 0 heterocycles. The molecule has 0 saturated carbocycles. The van der Waals surface area contributed by atoms with Crippen LogP contribution in [0.25, 0.3) is 0 Å². The summed E-state index contributed by atoms with van der Waals surface area (Å²) in [5.74, 6) is 0. The van der Waals surface area contributed by atoms with Crippen LogP contribution in [0.15, 0.2) is 0 Å². The Kier molecular flexibility index (Phi) is 44.7. The minimum atomic E-state index is -5.27. The molecule has 0 aromatic carbocycles. The van der Waals surface area contributed by atoms with Crippen LogP contribution in [0, 0.1) is 0 Å². The third-order valence-corrected chi connectivity index (χ3v) is 31.8. The van der Waals surface area contributed by atoms with Crippen molar-refractivity contribution in [1.29, 1.82) is 0 Å². The average Bonchev–Trinajstić information content (AvgIpc) is 2.95. The zero-order chi connectivity index (χ0) is 58.0. The van der Waals surface area contributed by atoms with Crippen molar-refractivity contribution in [3.8, 4) is 0 Å². The first kappa shape index (κ1) is 88.4. The van der Waals surface area contributed by atoms with Crippen LogP contribution in [0.2, 0.25) is 0 Å². The molecule has 1 radical (unpaired) electrons. The summed E-state index contributed by atoms with van der Waals surface area (Å²) in [5.41, 5.74) is -2.36. The van der Waals surface area contributed by atoms with Crippen molar-refractivity contribution in [3.05, 3.63) is 0 Å². The first-order valence-corrected chi connectivity index (χ1v) is 43.1. The van der Waals surface area contributed by atoms with Crippen LogP contribution in [0.1, 0.15) is 83.1 Å². The topological polar surface area (TPSA) is 576 Å². The van der Waals surface area contributed by atoms with Crippen molar-refractivity contribution >= 4 is 116 Å². The van der Waals surface area contributed by atoms with E-state index in [9.17, 15) is 55.1 Å². The van der Waals surface area contributed by atoms with Crippen molar-refractivity contribution in [2.24, 2.45) is 0 Å². The van der Waals surface area contributed by atoms with E-state index in [2.05, 4.69) is 62.5 Å². The van der Waals surface area contributed by atoms with E-state index in [1.54, 1.807) is 0 Å². The molecule has 0 bridgehead atoms. The van der Waals surface area contributed by atoms with E-state index in [4.69, 9.17) is 73.4 Å². The largest absolute Gasteiger partial charge is 0.483 e. The Morgan fingerprint density at radius 1 is 0.400 bits per heavy atom. The molecule has 51 heteroatoms. The van der Waals surface area contributed by atoms with Crippen molar-refractivity contribution in [2.75, 3.05) is 6.66 Å². The monoisotopic (exact) mass is 1560 g/mol. The molecule has 0 amide bonds.